The molecule has 8 heteroatoms. The molecule has 2 aromatic carbocycles. The third-order valence-corrected chi connectivity index (χ3v) is 6.48. The molecule has 1 unspecified atom stereocenters. The topological polar surface area (TPSA) is 67.9 Å². The molecule has 178 valence electrons. The van der Waals surface area contributed by atoms with E-state index in [1.54, 1.807) is 56.5 Å². The molecule has 1 saturated carbocycles. The molecule has 0 heterocycles. The molecule has 0 radical (unpaired) electrons. The van der Waals surface area contributed by atoms with Gasteiger partial charge in [-0.25, -0.2) is 0 Å². The van der Waals surface area contributed by atoms with E-state index in [0.29, 0.717) is 27.1 Å². The minimum Gasteiger partial charge on any atom is -0.497 e. The van der Waals surface area contributed by atoms with Crippen molar-refractivity contribution in [3.05, 3.63) is 58.1 Å². The highest BCUT2D eigenvalue weighted by Gasteiger charge is 2.29. The standard InChI is InChI=1S/C25H30Cl2N2O4/c1-17(25(31)28-20-6-4-3-5-7-20)29(15-18-8-9-19(26)14-23(18)27)24(30)16-33-22-12-10-21(32-2)11-13-22/h8-14,17,20H,3-7,15-16H2,1-2H3,(H,28,31). The van der Waals surface area contributed by atoms with Crippen LogP contribution in [-0.2, 0) is 16.1 Å². The minimum atomic E-state index is -0.689. The number of hydrogen-bond donors (Lipinski definition) is 1. The summed E-state index contributed by atoms with van der Waals surface area (Å²) in [6.45, 7) is 1.69. The molecule has 1 fully saturated rings. The summed E-state index contributed by atoms with van der Waals surface area (Å²) < 4.78 is 10.8. The molecule has 2 amide bonds. The summed E-state index contributed by atoms with van der Waals surface area (Å²) in [6.07, 6.45) is 5.35. The number of methoxy groups -OCH3 is 1. The number of carbonyl (C=O) groups is 2. The number of hydrogen-bond acceptors (Lipinski definition) is 4. The lowest BCUT2D eigenvalue weighted by molar-refractivity contribution is -0.142. The van der Waals surface area contributed by atoms with Crippen LogP contribution in [0.25, 0.3) is 0 Å². The molecule has 3 rings (SSSR count). The van der Waals surface area contributed by atoms with Crippen molar-refractivity contribution in [2.45, 2.75) is 57.7 Å². The second-order valence-corrected chi connectivity index (χ2v) is 9.08. The molecular weight excluding hydrogens is 463 g/mol. The van der Waals surface area contributed by atoms with Crippen molar-refractivity contribution in [2.24, 2.45) is 0 Å². The number of amides is 2. The molecule has 33 heavy (non-hydrogen) atoms. The molecule has 0 bridgehead atoms. The number of rotatable bonds is 9. The fourth-order valence-electron chi connectivity index (χ4n) is 3.88. The maximum absolute atomic E-state index is 13.2. The Morgan fingerprint density at radius 3 is 2.36 bits per heavy atom. The van der Waals surface area contributed by atoms with Crippen molar-refractivity contribution in [3.63, 3.8) is 0 Å². The van der Waals surface area contributed by atoms with Crippen LogP contribution < -0.4 is 14.8 Å². The van der Waals surface area contributed by atoms with Gasteiger partial charge in [-0.2, -0.15) is 0 Å². The van der Waals surface area contributed by atoms with Gasteiger partial charge in [-0.05, 0) is 61.7 Å². The van der Waals surface area contributed by atoms with Gasteiger partial charge in [0.05, 0.1) is 7.11 Å². The molecule has 0 spiro atoms. The Bertz CT molecular complexity index is 946. The Balaban J connectivity index is 1.72. The molecule has 0 aliphatic heterocycles. The number of halogens is 2. The van der Waals surface area contributed by atoms with E-state index in [-0.39, 0.29) is 31.0 Å². The summed E-state index contributed by atoms with van der Waals surface area (Å²) in [5.41, 5.74) is 0.705. The highest BCUT2D eigenvalue weighted by atomic mass is 35.5. The zero-order valence-electron chi connectivity index (χ0n) is 19.0. The quantitative estimate of drug-likeness (QED) is 0.519. The van der Waals surface area contributed by atoms with E-state index in [1.165, 1.54) is 11.3 Å². The molecule has 0 aromatic heterocycles. The first-order valence-corrected chi connectivity index (χ1v) is 11.9. The Kier molecular flexibility index (Phi) is 9.27. The van der Waals surface area contributed by atoms with Crippen LogP contribution in [0.1, 0.15) is 44.6 Å². The fraction of sp³-hybridized carbons (Fsp3) is 0.440. The highest BCUT2D eigenvalue weighted by Crippen LogP contribution is 2.24. The summed E-state index contributed by atoms with van der Waals surface area (Å²) >= 11 is 12.4. The molecule has 1 N–H and O–H groups in total. The predicted molar refractivity (Wildman–Crippen MR) is 130 cm³/mol. The van der Waals surface area contributed by atoms with E-state index in [4.69, 9.17) is 32.7 Å². The smallest absolute Gasteiger partial charge is 0.261 e. The van der Waals surface area contributed by atoms with Crippen LogP contribution in [-0.4, -0.2) is 42.5 Å². The second-order valence-electron chi connectivity index (χ2n) is 8.24. The highest BCUT2D eigenvalue weighted by molar-refractivity contribution is 6.35. The molecule has 0 saturated heterocycles. The van der Waals surface area contributed by atoms with Crippen LogP contribution in [0.4, 0.5) is 0 Å². The van der Waals surface area contributed by atoms with Crippen LogP contribution in [0.2, 0.25) is 10.0 Å². The third kappa shape index (κ3) is 7.27. The first-order valence-electron chi connectivity index (χ1n) is 11.2. The van der Waals surface area contributed by atoms with Crippen LogP contribution in [0.15, 0.2) is 42.5 Å². The number of benzene rings is 2. The van der Waals surface area contributed by atoms with Gasteiger partial charge < -0.3 is 19.7 Å². The summed E-state index contributed by atoms with van der Waals surface area (Å²) in [5, 5.41) is 4.06. The number of carbonyl (C=O) groups excluding carboxylic acids is 2. The van der Waals surface area contributed by atoms with E-state index in [0.717, 1.165) is 25.7 Å². The number of ether oxygens (including phenoxy) is 2. The predicted octanol–water partition coefficient (Wildman–Crippen LogP) is 5.25. The first kappa shape index (κ1) is 25.2. The minimum absolute atomic E-state index is 0.153. The zero-order chi connectivity index (χ0) is 23.8. The monoisotopic (exact) mass is 492 g/mol. The summed E-state index contributed by atoms with van der Waals surface area (Å²) in [7, 11) is 1.58. The molecule has 1 atom stereocenters. The van der Waals surface area contributed by atoms with Crippen molar-refractivity contribution >= 4 is 35.0 Å². The van der Waals surface area contributed by atoms with Gasteiger partial charge in [0.1, 0.15) is 17.5 Å². The van der Waals surface area contributed by atoms with Crippen molar-refractivity contribution in [2.75, 3.05) is 13.7 Å². The summed E-state index contributed by atoms with van der Waals surface area (Å²) in [5.74, 6) is 0.738. The van der Waals surface area contributed by atoms with Gasteiger partial charge >= 0.3 is 0 Å². The van der Waals surface area contributed by atoms with Gasteiger partial charge in [0.15, 0.2) is 6.61 Å². The Morgan fingerprint density at radius 2 is 1.73 bits per heavy atom. The molecule has 1 aliphatic carbocycles. The lowest BCUT2D eigenvalue weighted by Gasteiger charge is -2.31. The van der Waals surface area contributed by atoms with Crippen molar-refractivity contribution in [3.8, 4) is 11.5 Å². The molecular formula is C25H30Cl2N2O4. The largest absolute Gasteiger partial charge is 0.497 e. The SMILES string of the molecule is COc1ccc(OCC(=O)N(Cc2ccc(Cl)cc2Cl)C(C)C(=O)NC2CCCCC2)cc1. The Hall–Kier alpha value is -2.44. The van der Waals surface area contributed by atoms with Crippen LogP contribution >= 0.6 is 23.2 Å². The first-order chi connectivity index (χ1) is 15.9. The maximum Gasteiger partial charge on any atom is 0.261 e. The third-order valence-electron chi connectivity index (χ3n) is 5.90. The fourth-order valence-corrected chi connectivity index (χ4v) is 4.35. The van der Waals surface area contributed by atoms with Crippen LogP contribution in [0.5, 0.6) is 11.5 Å². The van der Waals surface area contributed by atoms with E-state index >= 15 is 0 Å². The van der Waals surface area contributed by atoms with Gasteiger partial charge in [-0.3, -0.25) is 9.59 Å². The van der Waals surface area contributed by atoms with Gasteiger partial charge in [0.2, 0.25) is 5.91 Å². The van der Waals surface area contributed by atoms with Gasteiger partial charge in [-0.15, -0.1) is 0 Å². The normalized spacial score (nSPS) is 14.9. The van der Waals surface area contributed by atoms with E-state index in [9.17, 15) is 9.59 Å². The summed E-state index contributed by atoms with van der Waals surface area (Å²) in [4.78, 5) is 27.7. The average molecular weight is 493 g/mol. The van der Waals surface area contributed by atoms with Gasteiger partial charge in [0.25, 0.3) is 5.91 Å². The van der Waals surface area contributed by atoms with Crippen molar-refractivity contribution < 1.29 is 19.1 Å². The van der Waals surface area contributed by atoms with Gasteiger partial charge in [-0.1, -0.05) is 48.5 Å². The van der Waals surface area contributed by atoms with Crippen molar-refractivity contribution in [1.82, 2.24) is 10.2 Å². The Morgan fingerprint density at radius 1 is 1.06 bits per heavy atom. The molecule has 6 nitrogen and oxygen atoms in total. The van der Waals surface area contributed by atoms with E-state index in [2.05, 4.69) is 5.32 Å². The summed E-state index contributed by atoms with van der Waals surface area (Å²) in [6, 6.07) is 11.5. The zero-order valence-corrected chi connectivity index (χ0v) is 20.5. The second kappa shape index (κ2) is 12.1. The van der Waals surface area contributed by atoms with Gasteiger partial charge in [0, 0.05) is 22.6 Å². The molecule has 2 aromatic rings. The van der Waals surface area contributed by atoms with E-state index in [1.807, 2.05) is 0 Å². The average Bonchev–Trinajstić information content (AvgIpc) is 2.82. The number of nitrogens with one attached hydrogen (secondary N) is 1. The maximum atomic E-state index is 13.2. The molecule has 1 aliphatic rings. The van der Waals surface area contributed by atoms with E-state index < -0.39 is 6.04 Å². The number of nitrogens with zero attached hydrogens (tertiary/aromatic N) is 1. The lowest BCUT2D eigenvalue weighted by atomic mass is 9.95. The van der Waals surface area contributed by atoms with Crippen molar-refractivity contribution in [1.29, 1.82) is 0 Å². The lowest BCUT2D eigenvalue weighted by Crippen LogP contribution is -2.51. The van der Waals surface area contributed by atoms with Crippen LogP contribution in [0.3, 0.4) is 0 Å². The van der Waals surface area contributed by atoms with Crippen LogP contribution in [0, 0.1) is 0 Å². The Labute approximate surface area is 205 Å².